The number of halogens is 2. The highest BCUT2D eigenvalue weighted by atomic mass is 19.2. The van der Waals surface area contributed by atoms with Crippen LogP contribution in [0.3, 0.4) is 0 Å². The highest BCUT2D eigenvalue weighted by molar-refractivity contribution is 6.06. The number of nitrogens with zero attached hydrogens (tertiary/aromatic N) is 1. The SMILES string of the molecule is O=C(NO)c1cccc(N2c3ccccc3NC(=O)C2Cc2ccc(F)c(F)c2)c1. The lowest BCUT2D eigenvalue weighted by Gasteiger charge is -2.38. The fourth-order valence-corrected chi connectivity index (χ4v) is 3.55. The Bertz CT molecular complexity index is 1140. The molecule has 3 aromatic rings. The van der Waals surface area contributed by atoms with Gasteiger partial charge in [-0.3, -0.25) is 14.8 Å². The molecule has 0 spiro atoms. The number of fused-ring (bicyclic) bond motifs is 1. The Morgan fingerprint density at radius 3 is 2.60 bits per heavy atom. The third-order valence-electron chi connectivity index (χ3n) is 4.94. The van der Waals surface area contributed by atoms with Gasteiger partial charge in [0.25, 0.3) is 5.91 Å². The van der Waals surface area contributed by atoms with Crippen molar-refractivity contribution in [1.29, 1.82) is 0 Å². The van der Waals surface area contributed by atoms with Crippen molar-refractivity contribution >= 4 is 28.9 Å². The molecule has 4 rings (SSSR count). The fraction of sp³-hybridized carbons (Fsp3) is 0.0909. The van der Waals surface area contributed by atoms with Gasteiger partial charge in [-0.15, -0.1) is 0 Å². The second-order valence-electron chi connectivity index (χ2n) is 6.84. The van der Waals surface area contributed by atoms with E-state index in [9.17, 15) is 18.4 Å². The monoisotopic (exact) mass is 409 g/mol. The van der Waals surface area contributed by atoms with Crippen LogP contribution in [-0.2, 0) is 11.2 Å². The van der Waals surface area contributed by atoms with E-state index in [2.05, 4.69) is 5.32 Å². The van der Waals surface area contributed by atoms with E-state index in [0.717, 1.165) is 12.1 Å². The topological polar surface area (TPSA) is 81.7 Å². The lowest BCUT2D eigenvalue weighted by atomic mass is 9.98. The maximum atomic E-state index is 13.7. The van der Waals surface area contributed by atoms with Crippen LogP contribution in [0.4, 0.5) is 25.8 Å². The predicted octanol–water partition coefficient (Wildman–Crippen LogP) is 3.79. The largest absolute Gasteiger partial charge is 0.327 e. The van der Waals surface area contributed by atoms with E-state index in [0.29, 0.717) is 22.6 Å². The van der Waals surface area contributed by atoms with Crippen molar-refractivity contribution in [3.8, 4) is 0 Å². The molecule has 0 bridgehead atoms. The van der Waals surface area contributed by atoms with Gasteiger partial charge in [-0.25, -0.2) is 14.3 Å². The molecule has 2 amide bonds. The maximum Gasteiger partial charge on any atom is 0.274 e. The van der Waals surface area contributed by atoms with Crippen LogP contribution in [0.1, 0.15) is 15.9 Å². The van der Waals surface area contributed by atoms with Gasteiger partial charge < -0.3 is 10.2 Å². The molecule has 8 heteroatoms. The standard InChI is InChI=1S/C22H17F2N3O3/c23-16-9-8-13(10-17(16)24)11-20-22(29)25-18-6-1-2-7-19(18)27(20)15-5-3-4-14(12-15)21(28)26-30/h1-10,12,20,30H,11H2,(H,25,29)(H,26,28). The quantitative estimate of drug-likeness (QED) is 0.452. The summed E-state index contributed by atoms with van der Waals surface area (Å²) in [4.78, 5) is 26.5. The third kappa shape index (κ3) is 3.60. The number of hydrogen-bond donors (Lipinski definition) is 3. The molecule has 6 nitrogen and oxygen atoms in total. The number of nitrogens with one attached hydrogen (secondary N) is 2. The first kappa shape index (κ1) is 19.5. The van der Waals surface area contributed by atoms with Gasteiger partial charge >= 0.3 is 0 Å². The molecule has 1 aliphatic heterocycles. The van der Waals surface area contributed by atoms with Crippen molar-refractivity contribution in [2.45, 2.75) is 12.5 Å². The zero-order valence-electron chi connectivity index (χ0n) is 15.6. The number of rotatable bonds is 4. The predicted molar refractivity (Wildman–Crippen MR) is 107 cm³/mol. The first-order valence-electron chi connectivity index (χ1n) is 9.15. The number of carbonyl (C=O) groups is 2. The summed E-state index contributed by atoms with van der Waals surface area (Å²) in [5.74, 6) is -2.96. The summed E-state index contributed by atoms with van der Waals surface area (Å²) in [5.41, 5.74) is 4.04. The number of amides is 2. The van der Waals surface area contributed by atoms with Crippen molar-refractivity contribution in [3.05, 3.63) is 89.5 Å². The van der Waals surface area contributed by atoms with Crippen molar-refractivity contribution in [3.63, 3.8) is 0 Å². The molecule has 1 unspecified atom stereocenters. The number of para-hydroxylation sites is 2. The highest BCUT2D eigenvalue weighted by Gasteiger charge is 2.34. The van der Waals surface area contributed by atoms with Crippen molar-refractivity contribution in [1.82, 2.24) is 5.48 Å². The molecular weight excluding hydrogens is 392 g/mol. The smallest absolute Gasteiger partial charge is 0.274 e. The Balaban J connectivity index is 1.80. The molecule has 0 aliphatic carbocycles. The van der Waals surface area contributed by atoms with Crippen LogP contribution in [0, 0.1) is 11.6 Å². The van der Waals surface area contributed by atoms with Crippen LogP contribution in [0.5, 0.6) is 0 Å². The van der Waals surface area contributed by atoms with Crippen molar-refractivity contribution in [2.24, 2.45) is 0 Å². The summed E-state index contributed by atoms with van der Waals surface area (Å²) >= 11 is 0. The molecule has 0 saturated heterocycles. The van der Waals surface area contributed by atoms with Gasteiger partial charge in [0.15, 0.2) is 11.6 Å². The minimum absolute atomic E-state index is 0.105. The summed E-state index contributed by atoms with van der Waals surface area (Å²) in [6.07, 6.45) is 0.105. The normalized spacial score (nSPS) is 15.4. The van der Waals surface area contributed by atoms with E-state index < -0.39 is 23.6 Å². The van der Waals surface area contributed by atoms with Crippen molar-refractivity contribution in [2.75, 3.05) is 10.2 Å². The van der Waals surface area contributed by atoms with E-state index in [-0.39, 0.29) is 17.9 Å². The average molecular weight is 409 g/mol. The van der Waals surface area contributed by atoms with E-state index in [1.165, 1.54) is 12.1 Å². The number of anilines is 3. The lowest BCUT2D eigenvalue weighted by molar-refractivity contribution is -0.117. The molecule has 1 heterocycles. The third-order valence-corrected chi connectivity index (χ3v) is 4.94. The second-order valence-corrected chi connectivity index (χ2v) is 6.84. The molecular formula is C22H17F2N3O3. The number of hydroxylamine groups is 1. The highest BCUT2D eigenvalue weighted by Crippen LogP contribution is 2.38. The minimum atomic E-state index is -0.989. The first-order chi connectivity index (χ1) is 14.5. The molecule has 0 radical (unpaired) electrons. The van der Waals surface area contributed by atoms with Gasteiger partial charge in [-0.1, -0.05) is 24.3 Å². The van der Waals surface area contributed by atoms with E-state index in [1.807, 2.05) is 12.1 Å². The molecule has 30 heavy (non-hydrogen) atoms. The number of carbonyl (C=O) groups excluding carboxylic acids is 2. The van der Waals surface area contributed by atoms with Crippen LogP contribution >= 0.6 is 0 Å². The molecule has 152 valence electrons. The first-order valence-corrected chi connectivity index (χ1v) is 9.15. The lowest BCUT2D eigenvalue weighted by Crippen LogP contribution is -2.47. The van der Waals surface area contributed by atoms with Gasteiger partial charge in [0.2, 0.25) is 5.91 Å². The Hall–Kier alpha value is -3.78. The Kier molecular flexibility index (Phi) is 5.16. The van der Waals surface area contributed by atoms with Gasteiger partial charge in [0.05, 0.1) is 11.4 Å². The second kappa shape index (κ2) is 7.92. The molecule has 3 aromatic carbocycles. The van der Waals surface area contributed by atoms with Gasteiger partial charge in [0.1, 0.15) is 6.04 Å². The minimum Gasteiger partial charge on any atom is -0.327 e. The Morgan fingerprint density at radius 2 is 1.83 bits per heavy atom. The molecule has 0 saturated carbocycles. The molecule has 3 N–H and O–H groups in total. The molecule has 0 fully saturated rings. The fourth-order valence-electron chi connectivity index (χ4n) is 3.55. The number of hydrogen-bond acceptors (Lipinski definition) is 4. The Morgan fingerprint density at radius 1 is 1.03 bits per heavy atom. The number of benzene rings is 3. The van der Waals surface area contributed by atoms with Crippen LogP contribution in [-0.4, -0.2) is 23.1 Å². The molecule has 1 atom stereocenters. The van der Waals surface area contributed by atoms with E-state index in [4.69, 9.17) is 5.21 Å². The average Bonchev–Trinajstić information content (AvgIpc) is 2.76. The van der Waals surface area contributed by atoms with E-state index >= 15 is 0 Å². The van der Waals surface area contributed by atoms with Crippen LogP contribution < -0.4 is 15.7 Å². The zero-order valence-corrected chi connectivity index (χ0v) is 15.6. The van der Waals surface area contributed by atoms with Crippen molar-refractivity contribution < 1.29 is 23.6 Å². The molecule has 1 aliphatic rings. The summed E-state index contributed by atoms with van der Waals surface area (Å²) in [5, 5.41) is 11.8. The zero-order chi connectivity index (χ0) is 21.3. The summed E-state index contributed by atoms with van der Waals surface area (Å²) in [6, 6.07) is 16.3. The van der Waals surface area contributed by atoms with E-state index in [1.54, 1.807) is 40.7 Å². The summed E-state index contributed by atoms with van der Waals surface area (Å²) in [6.45, 7) is 0. The summed E-state index contributed by atoms with van der Waals surface area (Å²) in [7, 11) is 0. The van der Waals surface area contributed by atoms with Gasteiger partial charge in [0, 0.05) is 17.7 Å². The van der Waals surface area contributed by atoms with Gasteiger partial charge in [-0.05, 0) is 48.0 Å². The van der Waals surface area contributed by atoms with Gasteiger partial charge in [-0.2, -0.15) is 0 Å². The van der Waals surface area contributed by atoms with Crippen LogP contribution in [0.15, 0.2) is 66.7 Å². The molecule has 0 aromatic heterocycles. The van der Waals surface area contributed by atoms with Crippen LogP contribution in [0.2, 0.25) is 0 Å². The maximum absolute atomic E-state index is 13.7. The summed E-state index contributed by atoms with van der Waals surface area (Å²) < 4.78 is 27.0. The Labute approximate surface area is 170 Å². The van der Waals surface area contributed by atoms with Crippen LogP contribution in [0.25, 0.3) is 0 Å².